The highest BCUT2D eigenvalue weighted by Gasteiger charge is 2.26. The smallest absolute Gasteiger partial charge is 0.387 e. The molecule has 0 aliphatic carbocycles. The predicted molar refractivity (Wildman–Crippen MR) is 217 cm³/mol. The van der Waals surface area contributed by atoms with Gasteiger partial charge in [0.25, 0.3) is 0 Å². The van der Waals surface area contributed by atoms with Crippen LogP contribution >= 0.6 is 7.82 Å². The van der Waals surface area contributed by atoms with Gasteiger partial charge in [-0.3, -0.25) is 13.8 Å². The summed E-state index contributed by atoms with van der Waals surface area (Å²) in [6, 6.07) is -0.884. The number of hydrogen-bond acceptors (Lipinski definition) is 6. The highest BCUT2D eigenvalue weighted by molar-refractivity contribution is 7.47. The fourth-order valence-corrected chi connectivity index (χ4v) is 6.47. The van der Waals surface area contributed by atoms with Crippen LogP contribution in [0.2, 0.25) is 0 Å². The molecule has 0 aliphatic heterocycles. The number of aliphatic hydroxyl groups is 1. The Labute approximate surface area is 313 Å². The van der Waals surface area contributed by atoms with Gasteiger partial charge in [0.05, 0.1) is 25.4 Å². The quantitative estimate of drug-likeness (QED) is 0.0282. The standard InChI is InChI=1S/C42H79N2O6P/c1-3-5-7-9-11-13-15-17-19-20-22-23-25-27-29-31-33-35-41(45)40(39-50-51(47,48)49-38-37-43)44-42(46)36-34-32-30-28-26-24-21-18-16-14-12-10-8-6-4-2/h12,14,18,21,25,27,33,35,40-41,45H,3-11,13,15-17,19-20,22-24,26,28-32,34,36-39,43H2,1-2H3,(H,44,46)(H,47,48)/b14-12-,21-18-,27-25+,35-33+. The number of allylic oxidation sites excluding steroid dienone is 7. The number of carbonyl (C=O) groups is 1. The maximum absolute atomic E-state index is 12.7. The molecule has 0 bridgehead atoms. The van der Waals surface area contributed by atoms with Crippen LogP contribution in [0, 0.1) is 0 Å². The van der Waals surface area contributed by atoms with Crippen molar-refractivity contribution in [2.75, 3.05) is 19.8 Å². The van der Waals surface area contributed by atoms with Crippen molar-refractivity contribution in [3.05, 3.63) is 48.6 Å². The Kier molecular flexibility index (Phi) is 37.0. The van der Waals surface area contributed by atoms with Gasteiger partial charge in [0.15, 0.2) is 0 Å². The Morgan fingerprint density at radius 3 is 1.67 bits per heavy atom. The molecule has 3 atom stereocenters. The monoisotopic (exact) mass is 739 g/mol. The van der Waals surface area contributed by atoms with E-state index in [9.17, 15) is 19.4 Å². The number of hydrogen-bond donors (Lipinski definition) is 4. The number of amides is 1. The molecule has 0 rings (SSSR count). The van der Waals surface area contributed by atoms with E-state index in [1.807, 2.05) is 6.08 Å². The van der Waals surface area contributed by atoms with Crippen LogP contribution in [-0.4, -0.2) is 47.8 Å². The molecule has 298 valence electrons. The Bertz CT molecular complexity index is 938. The van der Waals surface area contributed by atoms with E-state index in [1.165, 1.54) is 96.3 Å². The second-order valence-corrected chi connectivity index (χ2v) is 15.3. The SMILES string of the molecule is CCCCC/C=C\C/C=C\CCCCCCCC(=O)NC(COP(=O)(O)OCCN)C(O)/C=C/CC/C=C/CCCCCCCCCCCCC. The first-order valence-corrected chi connectivity index (χ1v) is 22.3. The molecule has 0 fully saturated rings. The summed E-state index contributed by atoms with van der Waals surface area (Å²) in [6.07, 6.45) is 45.8. The number of nitrogens with one attached hydrogen (secondary N) is 1. The van der Waals surface area contributed by atoms with E-state index in [0.717, 1.165) is 64.2 Å². The van der Waals surface area contributed by atoms with Gasteiger partial charge in [-0.05, 0) is 64.2 Å². The number of nitrogens with two attached hydrogens (primary N) is 1. The summed E-state index contributed by atoms with van der Waals surface area (Å²) in [4.78, 5) is 22.6. The van der Waals surface area contributed by atoms with E-state index in [4.69, 9.17) is 14.8 Å². The van der Waals surface area contributed by atoms with Gasteiger partial charge in [-0.1, -0.05) is 159 Å². The Morgan fingerprint density at radius 2 is 1.10 bits per heavy atom. The second kappa shape index (κ2) is 38.2. The lowest BCUT2D eigenvalue weighted by Gasteiger charge is -2.23. The molecule has 51 heavy (non-hydrogen) atoms. The van der Waals surface area contributed by atoms with Crippen LogP contribution in [0.5, 0.6) is 0 Å². The van der Waals surface area contributed by atoms with Gasteiger partial charge < -0.3 is 21.1 Å². The van der Waals surface area contributed by atoms with Crippen LogP contribution in [-0.2, 0) is 18.4 Å². The maximum Gasteiger partial charge on any atom is 0.472 e. The van der Waals surface area contributed by atoms with Crippen molar-refractivity contribution in [1.82, 2.24) is 5.32 Å². The predicted octanol–water partition coefficient (Wildman–Crippen LogP) is 11.3. The van der Waals surface area contributed by atoms with E-state index in [2.05, 4.69) is 55.6 Å². The lowest BCUT2D eigenvalue weighted by Crippen LogP contribution is -2.45. The first-order valence-electron chi connectivity index (χ1n) is 20.8. The zero-order valence-electron chi connectivity index (χ0n) is 32.8. The average Bonchev–Trinajstić information content (AvgIpc) is 3.12. The molecule has 9 heteroatoms. The summed E-state index contributed by atoms with van der Waals surface area (Å²) in [6.45, 7) is 4.06. The molecule has 0 saturated carbocycles. The van der Waals surface area contributed by atoms with Gasteiger partial charge in [0.1, 0.15) is 0 Å². The van der Waals surface area contributed by atoms with Crippen LogP contribution < -0.4 is 11.1 Å². The lowest BCUT2D eigenvalue weighted by atomic mass is 10.1. The first-order chi connectivity index (χ1) is 24.9. The van der Waals surface area contributed by atoms with E-state index in [1.54, 1.807) is 6.08 Å². The summed E-state index contributed by atoms with van der Waals surface area (Å²) >= 11 is 0. The number of aliphatic hydroxyl groups excluding tert-OH is 1. The minimum atomic E-state index is -4.35. The van der Waals surface area contributed by atoms with Crippen molar-refractivity contribution < 1.29 is 28.4 Å². The fourth-order valence-electron chi connectivity index (χ4n) is 5.71. The van der Waals surface area contributed by atoms with Gasteiger partial charge in [-0.25, -0.2) is 4.57 Å². The maximum atomic E-state index is 12.7. The summed E-state index contributed by atoms with van der Waals surface area (Å²) in [5.74, 6) is -0.220. The van der Waals surface area contributed by atoms with Gasteiger partial charge in [0, 0.05) is 13.0 Å². The summed E-state index contributed by atoms with van der Waals surface area (Å²) in [7, 11) is -4.35. The molecule has 0 saturated heterocycles. The second-order valence-electron chi connectivity index (χ2n) is 13.8. The normalized spacial score (nSPS) is 14.7. The molecule has 0 aromatic carbocycles. The third-order valence-corrected chi connectivity index (χ3v) is 9.86. The van der Waals surface area contributed by atoms with Crippen molar-refractivity contribution in [1.29, 1.82) is 0 Å². The molecule has 0 radical (unpaired) electrons. The Hall–Kier alpha value is -1.54. The molecule has 1 amide bonds. The summed E-state index contributed by atoms with van der Waals surface area (Å²) in [5, 5.41) is 13.6. The Morgan fingerprint density at radius 1 is 0.647 bits per heavy atom. The average molecular weight is 739 g/mol. The largest absolute Gasteiger partial charge is 0.472 e. The number of unbranched alkanes of at least 4 members (excludes halogenated alkanes) is 20. The van der Waals surface area contributed by atoms with Crippen molar-refractivity contribution in [3.8, 4) is 0 Å². The minimum absolute atomic E-state index is 0.0702. The molecule has 0 aliphatic rings. The highest BCUT2D eigenvalue weighted by Crippen LogP contribution is 2.43. The van der Waals surface area contributed by atoms with E-state index in [-0.39, 0.29) is 25.7 Å². The lowest BCUT2D eigenvalue weighted by molar-refractivity contribution is -0.123. The molecule has 0 heterocycles. The molecule has 5 N–H and O–H groups in total. The fraction of sp³-hybridized carbons (Fsp3) is 0.786. The minimum Gasteiger partial charge on any atom is -0.387 e. The van der Waals surface area contributed by atoms with Gasteiger partial charge >= 0.3 is 7.82 Å². The van der Waals surface area contributed by atoms with E-state index < -0.39 is 20.0 Å². The molecule has 0 aromatic heterocycles. The molecule has 0 aromatic rings. The number of phosphoric ester groups is 1. The number of carbonyl (C=O) groups excluding carboxylic acids is 1. The zero-order valence-corrected chi connectivity index (χ0v) is 33.7. The third kappa shape index (κ3) is 36.6. The van der Waals surface area contributed by atoms with Crippen LogP contribution in [0.3, 0.4) is 0 Å². The van der Waals surface area contributed by atoms with E-state index in [0.29, 0.717) is 6.42 Å². The molecular weight excluding hydrogens is 659 g/mol. The molecule has 0 spiro atoms. The highest BCUT2D eigenvalue weighted by atomic mass is 31.2. The summed E-state index contributed by atoms with van der Waals surface area (Å²) < 4.78 is 22.1. The third-order valence-electron chi connectivity index (χ3n) is 8.88. The number of rotatable bonds is 38. The van der Waals surface area contributed by atoms with Crippen LogP contribution in [0.25, 0.3) is 0 Å². The van der Waals surface area contributed by atoms with E-state index >= 15 is 0 Å². The number of phosphoric acid groups is 1. The molecular formula is C42H79N2O6P. The van der Waals surface area contributed by atoms with Gasteiger partial charge in [-0.2, -0.15) is 0 Å². The van der Waals surface area contributed by atoms with Gasteiger partial charge in [-0.15, -0.1) is 0 Å². The van der Waals surface area contributed by atoms with Gasteiger partial charge in [0.2, 0.25) is 5.91 Å². The van der Waals surface area contributed by atoms with Crippen LogP contribution in [0.1, 0.15) is 181 Å². The van der Waals surface area contributed by atoms with Crippen molar-refractivity contribution in [2.24, 2.45) is 5.73 Å². The Balaban J connectivity index is 4.34. The zero-order chi connectivity index (χ0) is 37.5. The molecule has 3 unspecified atom stereocenters. The van der Waals surface area contributed by atoms with Crippen LogP contribution in [0.4, 0.5) is 0 Å². The molecule has 8 nitrogen and oxygen atoms in total. The first kappa shape index (κ1) is 49.5. The van der Waals surface area contributed by atoms with Crippen molar-refractivity contribution in [2.45, 2.75) is 193 Å². The van der Waals surface area contributed by atoms with Crippen molar-refractivity contribution in [3.63, 3.8) is 0 Å². The van der Waals surface area contributed by atoms with Crippen LogP contribution in [0.15, 0.2) is 48.6 Å². The van der Waals surface area contributed by atoms with Crippen molar-refractivity contribution >= 4 is 13.7 Å². The summed E-state index contributed by atoms with van der Waals surface area (Å²) in [5.41, 5.74) is 5.36. The topological polar surface area (TPSA) is 131 Å².